The van der Waals surface area contributed by atoms with Crippen LogP contribution in [-0.4, -0.2) is 37.2 Å². The van der Waals surface area contributed by atoms with E-state index in [0.717, 1.165) is 5.56 Å². The smallest absolute Gasteiger partial charge is 0.213 e. The molecule has 0 amide bonds. The normalized spacial score (nSPS) is 11.7. The zero-order valence-corrected chi connectivity index (χ0v) is 13.7. The lowest BCUT2D eigenvalue weighted by Gasteiger charge is -2.15. The van der Waals surface area contributed by atoms with Crippen molar-refractivity contribution in [1.82, 2.24) is 14.7 Å². The van der Waals surface area contributed by atoms with Gasteiger partial charge in [0.1, 0.15) is 17.5 Å². The molecule has 0 radical (unpaired) electrons. The fourth-order valence-electron chi connectivity index (χ4n) is 1.70. The molecule has 0 bridgehead atoms. The SMILES string of the molecule is CCNS(=O)(=O)CCNc1nc(C(C)C)nc(NN)c1C. The van der Waals surface area contributed by atoms with Gasteiger partial charge in [-0.3, -0.25) is 0 Å². The maximum absolute atomic E-state index is 11.6. The van der Waals surface area contributed by atoms with E-state index < -0.39 is 10.0 Å². The van der Waals surface area contributed by atoms with Crippen LogP contribution in [0.1, 0.15) is 38.1 Å². The molecule has 1 rings (SSSR count). The highest BCUT2D eigenvalue weighted by atomic mass is 32.2. The number of hydrazine groups is 1. The molecule has 0 aliphatic carbocycles. The summed E-state index contributed by atoms with van der Waals surface area (Å²) in [4.78, 5) is 8.73. The summed E-state index contributed by atoms with van der Waals surface area (Å²) in [6.45, 7) is 8.16. The van der Waals surface area contributed by atoms with Crippen LogP contribution >= 0.6 is 0 Å². The molecule has 1 aromatic rings. The summed E-state index contributed by atoms with van der Waals surface area (Å²) in [5.41, 5.74) is 3.29. The number of hydrogen-bond acceptors (Lipinski definition) is 7. The Balaban J connectivity index is 2.85. The monoisotopic (exact) mass is 316 g/mol. The predicted octanol–water partition coefficient (Wildman–Crippen LogP) is 0.545. The molecule has 8 nitrogen and oxygen atoms in total. The first-order chi connectivity index (χ1) is 9.80. The maximum Gasteiger partial charge on any atom is 0.213 e. The minimum atomic E-state index is -3.25. The number of sulfonamides is 1. The fourth-order valence-corrected chi connectivity index (χ4v) is 2.66. The third kappa shape index (κ3) is 5.10. The van der Waals surface area contributed by atoms with Crippen molar-refractivity contribution in [3.8, 4) is 0 Å². The first-order valence-electron chi connectivity index (χ1n) is 6.87. The van der Waals surface area contributed by atoms with E-state index in [2.05, 4.69) is 25.4 Å². The fraction of sp³-hybridized carbons (Fsp3) is 0.667. The molecule has 120 valence electrons. The quantitative estimate of drug-likeness (QED) is 0.408. The summed E-state index contributed by atoms with van der Waals surface area (Å²) >= 11 is 0. The number of hydrogen-bond donors (Lipinski definition) is 4. The van der Waals surface area contributed by atoms with Crippen LogP contribution in [-0.2, 0) is 10.0 Å². The predicted molar refractivity (Wildman–Crippen MR) is 84.6 cm³/mol. The van der Waals surface area contributed by atoms with Gasteiger partial charge in [-0.05, 0) is 6.92 Å². The molecule has 21 heavy (non-hydrogen) atoms. The van der Waals surface area contributed by atoms with Gasteiger partial charge < -0.3 is 10.7 Å². The molecule has 1 heterocycles. The van der Waals surface area contributed by atoms with Crippen molar-refractivity contribution in [2.24, 2.45) is 5.84 Å². The molecular weight excluding hydrogens is 292 g/mol. The third-order valence-electron chi connectivity index (χ3n) is 2.84. The van der Waals surface area contributed by atoms with E-state index in [1.807, 2.05) is 20.8 Å². The molecule has 0 fully saturated rings. The Hall–Kier alpha value is -1.45. The molecule has 0 spiro atoms. The average molecular weight is 316 g/mol. The molecule has 0 unspecified atom stereocenters. The van der Waals surface area contributed by atoms with Gasteiger partial charge in [0.25, 0.3) is 0 Å². The third-order valence-corrected chi connectivity index (χ3v) is 4.31. The van der Waals surface area contributed by atoms with E-state index in [1.165, 1.54) is 0 Å². The topological polar surface area (TPSA) is 122 Å². The molecule has 1 aromatic heterocycles. The number of nitrogens with zero attached hydrogens (tertiary/aromatic N) is 2. The van der Waals surface area contributed by atoms with Crippen LogP contribution in [0.5, 0.6) is 0 Å². The molecule has 9 heteroatoms. The zero-order valence-electron chi connectivity index (χ0n) is 12.9. The minimum absolute atomic E-state index is 0.0211. The highest BCUT2D eigenvalue weighted by Gasteiger charge is 2.13. The summed E-state index contributed by atoms with van der Waals surface area (Å²) < 4.78 is 25.6. The van der Waals surface area contributed by atoms with E-state index in [-0.39, 0.29) is 18.2 Å². The summed E-state index contributed by atoms with van der Waals surface area (Å²) in [6, 6.07) is 0. The zero-order chi connectivity index (χ0) is 16.0. The van der Waals surface area contributed by atoms with Gasteiger partial charge in [-0.1, -0.05) is 20.8 Å². The number of nitrogens with two attached hydrogens (primary N) is 1. The second-order valence-corrected chi connectivity index (χ2v) is 6.87. The molecular formula is C12H24N6O2S. The van der Waals surface area contributed by atoms with E-state index in [9.17, 15) is 8.42 Å². The van der Waals surface area contributed by atoms with E-state index in [1.54, 1.807) is 6.92 Å². The Bertz CT molecular complexity index is 573. The average Bonchev–Trinajstić information content (AvgIpc) is 2.40. The molecule has 5 N–H and O–H groups in total. The largest absolute Gasteiger partial charge is 0.369 e. The highest BCUT2D eigenvalue weighted by Crippen LogP contribution is 2.22. The molecule has 0 aliphatic rings. The number of aromatic nitrogens is 2. The van der Waals surface area contributed by atoms with Crippen LogP contribution in [0.4, 0.5) is 11.6 Å². The maximum atomic E-state index is 11.6. The number of nitrogen functional groups attached to an aromatic ring is 1. The van der Waals surface area contributed by atoms with Gasteiger partial charge in [0.15, 0.2) is 0 Å². The lowest BCUT2D eigenvalue weighted by Crippen LogP contribution is -2.29. The van der Waals surface area contributed by atoms with Crippen molar-refractivity contribution in [2.45, 2.75) is 33.6 Å². The van der Waals surface area contributed by atoms with Crippen molar-refractivity contribution in [3.63, 3.8) is 0 Å². The van der Waals surface area contributed by atoms with Gasteiger partial charge in [-0.15, -0.1) is 0 Å². The number of rotatable bonds is 8. The van der Waals surface area contributed by atoms with Gasteiger partial charge in [0, 0.05) is 24.6 Å². The van der Waals surface area contributed by atoms with E-state index in [0.29, 0.717) is 24.0 Å². The molecule has 0 aromatic carbocycles. The molecule has 0 saturated carbocycles. The van der Waals surface area contributed by atoms with Gasteiger partial charge in [-0.2, -0.15) is 0 Å². The Morgan fingerprint density at radius 1 is 1.24 bits per heavy atom. The van der Waals surface area contributed by atoms with Crippen LogP contribution < -0.4 is 21.3 Å². The van der Waals surface area contributed by atoms with Crippen molar-refractivity contribution in [1.29, 1.82) is 0 Å². The van der Waals surface area contributed by atoms with Gasteiger partial charge in [0.05, 0.1) is 5.75 Å². The Morgan fingerprint density at radius 2 is 1.86 bits per heavy atom. The van der Waals surface area contributed by atoms with Crippen molar-refractivity contribution >= 4 is 21.7 Å². The second kappa shape index (κ2) is 7.53. The lowest BCUT2D eigenvalue weighted by atomic mass is 10.2. The Labute approximate surface area is 126 Å². The first kappa shape index (κ1) is 17.6. The first-order valence-corrected chi connectivity index (χ1v) is 8.52. The van der Waals surface area contributed by atoms with Crippen molar-refractivity contribution < 1.29 is 8.42 Å². The van der Waals surface area contributed by atoms with Crippen LogP contribution in [0.3, 0.4) is 0 Å². The van der Waals surface area contributed by atoms with Crippen LogP contribution in [0.2, 0.25) is 0 Å². The number of nitrogens with one attached hydrogen (secondary N) is 3. The summed E-state index contributed by atoms with van der Waals surface area (Å²) in [6.07, 6.45) is 0. The highest BCUT2D eigenvalue weighted by molar-refractivity contribution is 7.89. The molecule has 0 atom stereocenters. The van der Waals surface area contributed by atoms with Gasteiger partial charge in [-0.25, -0.2) is 29.0 Å². The van der Waals surface area contributed by atoms with Gasteiger partial charge in [0.2, 0.25) is 10.0 Å². The van der Waals surface area contributed by atoms with Crippen LogP contribution in [0, 0.1) is 6.92 Å². The second-order valence-electron chi connectivity index (χ2n) is 4.95. The standard InChI is InChI=1S/C12H24N6O2S/c1-5-15-21(19,20)7-6-14-11-9(4)12(18-13)17-10(16-11)8(2)3/h8,15H,5-7,13H2,1-4H3,(H2,14,16,17,18). The van der Waals surface area contributed by atoms with Crippen LogP contribution in [0.25, 0.3) is 0 Å². The van der Waals surface area contributed by atoms with Crippen LogP contribution in [0.15, 0.2) is 0 Å². The van der Waals surface area contributed by atoms with E-state index in [4.69, 9.17) is 5.84 Å². The van der Waals surface area contributed by atoms with Crippen molar-refractivity contribution in [3.05, 3.63) is 11.4 Å². The molecule has 0 saturated heterocycles. The van der Waals surface area contributed by atoms with Gasteiger partial charge >= 0.3 is 0 Å². The molecule has 0 aliphatic heterocycles. The summed E-state index contributed by atoms with van der Waals surface area (Å²) in [5.74, 6) is 7.34. The Kier molecular flexibility index (Phi) is 6.31. The van der Waals surface area contributed by atoms with Crippen molar-refractivity contribution in [2.75, 3.05) is 29.6 Å². The van der Waals surface area contributed by atoms with E-state index >= 15 is 0 Å². The number of anilines is 2. The summed E-state index contributed by atoms with van der Waals surface area (Å²) in [7, 11) is -3.25. The Morgan fingerprint density at radius 3 is 2.38 bits per heavy atom. The summed E-state index contributed by atoms with van der Waals surface area (Å²) in [5, 5.41) is 3.03. The lowest BCUT2D eigenvalue weighted by molar-refractivity contribution is 0.584. The minimum Gasteiger partial charge on any atom is -0.369 e.